The number of likely N-dealkylation sites (tertiary alicyclic amines) is 1. The van der Waals surface area contributed by atoms with Crippen molar-refractivity contribution in [1.29, 1.82) is 0 Å². The smallest absolute Gasteiger partial charge is 0.0426 e. The highest BCUT2D eigenvalue weighted by Crippen LogP contribution is 2.20. The Bertz CT molecular complexity index is 367. The third kappa shape index (κ3) is 4.18. The van der Waals surface area contributed by atoms with Crippen LogP contribution in [0.4, 0.5) is 5.69 Å². The zero-order valence-electron chi connectivity index (χ0n) is 11.2. The number of nitrogens with zero attached hydrogens (tertiary/aromatic N) is 1. The Labute approximate surface area is 115 Å². The lowest BCUT2D eigenvalue weighted by Gasteiger charge is -2.16. The first kappa shape index (κ1) is 13.7. The second kappa shape index (κ2) is 7.01. The molecule has 0 amide bonds. The van der Waals surface area contributed by atoms with Crippen molar-refractivity contribution < 1.29 is 0 Å². The van der Waals surface area contributed by atoms with Gasteiger partial charge in [0.05, 0.1) is 0 Å². The average Bonchev–Trinajstić information content (AvgIpc) is 2.78. The predicted molar refractivity (Wildman–Crippen MR) is 79.4 cm³/mol. The summed E-state index contributed by atoms with van der Waals surface area (Å²) in [6.45, 7) is 6.96. The van der Waals surface area contributed by atoms with E-state index in [9.17, 15) is 0 Å². The first-order valence-electron chi connectivity index (χ1n) is 6.99. The normalized spacial score (nSPS) is 20.2. The molecule has 1 atom stereocenters. The lowest BCUT2D eigenvalue weighted by Crippen LogP contribution is -2.27. The van der Waals surface area contributed by atoms with Crippen molar-refractivity contribution >= 4 is 17.3 Å². The Morgan fingerprint density at radius 1 is 1.44 bits per heavy atom. The van der Waals surface area contributed by atoms with Crippen LogP contribution in [0.5, 0.6) is 0 Å². The molecule has 1 aromatic rings. The minimum absolute atomic E-state index is 0.796. The Kier molecular flexibility index (Phi) is 5.33. The second-order valence-electron chi connectivity index (χ2n) is 5.18. The van der Waals surface area contributed by atoms with Gasteiger partial charge in [-0.05, 0) is 43.5 Å². The van der Waals surface area contributed by atoms with E-state index in [1.807, 2.05) is 18.2 Å². The molecule has 0 bridgehead atoms. The van der Waals surface area contributed by atoms with E-state index < -0.39 is 0 Å². The van der Waals surface area contributed by atoms with Crippen molar-refractivity contribution in [1.82, 2.24) is 4.90 Å². The van der Waals surface area contributed by atoms with Crippen LogP contribution in [0.1, 0.15) is 26.2 Å². The lowest BCUT2D eigenvalue weighted by atomic mass is 10.0. The van der Waals surface area contributed by atoms with Crippen LogP contribution in [0.2, 0.25) is 5.02 Å². The van der Waals surface area contributed by atoms with Crippen LogP contribution in [-0.4, -0.2) is 31.1 Å². The van der Waals surface area contributed by atoms with E-state index in [0.29, 0.717) is 0 Å². The molecule has 0 saturated carbocycles. The number of nitrogens with one attached hydrogen (secondary N) is 1. The maximum atomic E-state index is 5.95. The Hall–Kier alpha value is -0.730. The minimum atomic E-state index is 0.796. The van der Waals surface area contributed by atoms with Gasteiger partial charge in [-0.3, -0.25) is 0 Å². The zero-order chi connectivity index (χ0) is 12.8. The van der Waals surface area contributed by atoms with Gasteiger partial charge in [0.25, 0.3) is 0 Å². The lowest BCUT2D eigenvalue weighted by molar-refractivity contribution is 0.332. The molecule has 0 aromatic heterocycles. The molecular weight excluding hydrogens is 244 g/mol. The van der Waals surface area contributed by atoms with E-state index in [4.69, 9.17) is 11.6 Å². The Balaban J connectivity index is 1.67. The van der Waals surface area contributed by atoms with Gasteiger partial charge in [0.2, 0.25) is 0 Å². The van der Waals surface area contributed by atoms with Crippen LogP contribution < -0.4 is 5.32 Å². The van der Waals surface area contributed by atoms with E-state index in [0.717, 1.165) is 29.7 Å². The van der Waals surface area contributed by atoms with Gasteiger partial charge in [-0.1, -0.05) is 31.0 Å². The molecule has 2 nitrogen and oxygen atoms in total. The van der Waals surface area contributed by atoms with Crippen LogP contribution in [0.3, 0.4) is 0 Å². The minimum Gasteiger partial charge on any atom is -0.384 e. The number of hydrogen-bond donors (Lipinski definition) is 1. The fourth-order valence-electron chi connectivity index (χ4n) is 2.72. The first-order valence-corrected chi connectivity index (χ1v) is 7.37. The summed E-state index contributed by atoms with van der Waals surface area (Å²) in [5.41, 5.74) is 1.12. The third-order valence-corrected chi connectivity index (χ3v) is 3.88. The molecule has 1 unspecified atom stereocenters. The van der Waals surface area contributed by atoms with Crippen LogP contribution in [0, 0.1) is 5.92 Å². The van der Waals surface area contributed by atoms with Crippen molar-refractivity contribution in [2.75, 3.05) is 31.5 Å². The topological polar surface area (TPSA) is 15.3 Å². The van der Waals surface area contributed by atoms with Crippen LogP contribution in [0.25, 0.3) is 0 Å². The summed E-state index contributed by atoms with van der Waals surface area (Å²) in [5.74, 6) is 0.932. The summed E-state index contributed by atoms with van der Waals surface area (Å²) in [6, 6.07) is 7.93. The van der Waals surface area contributed by atoms with E-state index in [-0.39, 0.29) is 0 Å². The Morgan fingerprint density at radius 2 is 2.33 bits per heavy atom. The quantitative estimate of drug-likeness (QED) is 0.841. The molecule has 1 aliphatic rings. The van der Waals surface area contributed by atoms with E-state index >= 15 is 0 Å². The molecular formula is C15H23ClN2. The molecule has 0 radical (unpaired) electrons. The monoisotopic (exact) mass is 266 g/mol. The van der Waals surface area contributed by atoms with Crippen LogP contribution in [0.15, 0.2) is 24.3 Å². The highest BCUT2D eigenvalue weighted by molar-refractivity contribution is 6.30. The van der Waals surface area contributed by atoms with Gasteiger partial charge in [-0.15, -0.1) is 0 Å². The van der Waals surface area contributed by atoms with Crippen molar-refractivity contribution in [2.24, 2.45) is 5.92 Å². The molecule has 1 heterocycles. The van der Waals surface area contributed by atoms with Crippen molar-refractivity contribution in [2.45, 2.75) is 26.2 Å². The van der Waals surface area contributed by atoms with E-state index in [2.05, 4.69) is 23.2 Å². The van der Waals surface area contributed by atoms with Crippen LogP contribution >= 0.6 is 11.6 Å². The molecule has 3 heteroatoms. The van der Waals surface area contributed by atoms with Gasteiger partial charge in [0, 0.05) is 30.3 Å². The highest BCUT2D eigenvalue weighted by Gasteiger charge is 2.20. The molecule has 1 N–H and O–H groups in total. The first-order chi connectivity index (χ1) is 8.78. The van der Waals surface area contributed by atoms with Gasteiger partial charge in [-0.2, -0.15) is 0 Å². The summed E-state index contributed by atoms with van der Waals surface area (Å²) in [6.07, 6.45) is 4.09. The third-order valence-electron chi connectivity index (χ3n) is 3.65. The second-order valence-corrected chi connectivity index (χ2v) is 5.62. The number of benzene rings is 1. The fourth-order valence-corrected chi connectivity index (χ4v) is 2.91. The molecule has 1 fully saturated rings. The summed E-state index contributed by atoms with van der Waals surface area (Å²) in [7, 11) is 0. The van der Waals surface area contributed by atoms with Crippen molar-refractivity contribution in [3.05, 3.63) is 29.3 Å². The van der Waals surface area contributed by atoms with E-state index in [1.165, 1.54) is 32.4 Å². The zero-order valence-corrected chi connectivity index (χ0v) is 11.9. The molecule has 1 aliphatic heterocycles. The van der Waals surface area contributed by atoms with Crippen LogP contribution in [-0.2, 0) is 0 Å². The molecule has 2 rings (SSSR count). The molecule has 1 saturated heterocycles. The SMILES string of the molecule is CCCC1CCN(CCNc2cccc(Cl)c2)C1. The average molecular weight is 267 g/mol. The summed E-state index contributed by atoms with van der Waals surface area (Å²) in [5, 5.41) is 4.23. The van der Waals surface area contributed by atoms with Crippen molar-refractivity contribution in [3.8, 4) is 0 Å². The summed E-state index contributed by atoms with van der Waals surface area (Å²) in [4.78, 5) is 2.57. The van der Waals surface area contributed by atoms with Gasteiger partial charge in [0.15, 0.2) is 0 Å². The standard InChI is InChI=1S/C15H23ClN2/c1-2-4-13-7-9-18(12-13)10-8-17-15-6-3-5-14(16)11-15/h3,5-6,11,13,17H,2,4,7-10,12H2,1H3. The predicted octanol–water partition coefficient (Wildman–Crippen LogP) is 3.87. The molecule has 100 valence electrons. The highest BCUT2D eigenvalue weighted by atomic mass is 35.5. The number of anilines is 1. The van der Waals surface area contributed by atoms with Gasteiger partial charge in [-0.25, -0.2) is 0 Å². The molecule has 1 aromatic carbocycles. The maximum absolute atomic E-state index is 5.95. The number of rotatable bonds is 6. The van der Waals surface area contributed by atoms with Gasteiger partial charge < -0.3 is 10.2 Å². The summed E-state index contributed by atoms with van der Waals surface area (Å²) >= 11 is 5.95. The molecule has 0 spiro atoms. The van der Waals surface area contributed by atoms with Crippen molar-refractivity contribution in [3.63, 3.8) is 0 Å². The number of halogens is 1. The van der Waals surface area contributed by atoms with Gasteiger partial charge in [0.1, 0.15) is 0 Å². The Morgan fingerprint density at radius 3 is 3.11 bits per heavy atom. The largest absolute Gasteiger partial charge is 0.384 e. The number of hydrogen-bond acceptors (Lipinski definition) is 2. The molecule has 18 heavy (non-hydrogen) atoms. The summed E-state index contributed by atoms with van der Waals surface area (Å²) < 4.78 is 0. The molecule has 0 aliphatic carbocycles. The maximum Gasteiger partial charge on any atom is 0.0426 e. The fraction of sp³-hybridized carbons (Fsp3) is 0.600. The van der Waals surface area contributed by atoms with E-state index in [1.54, 1.807) is 0 Å². The van der Waals surface area contributed by atoms with Gasteiger partial charge >= 0.3 is 0 Å².